The normalized spacial score (nSPS) is 13.0. The van der Waals surface area contributed by atoms with Gasteiger partial charge in [0.1, 0.15) is 17.1 Å². The molecule has 0 bridgehead atoms. The highest BCUT2D eigenvalue weighted by molar-refractivity contribution is 5.83. The van der Waals surface area contributed by atoms with E-state index in [2.05, 4.69) is 16.0 Å². The number of para-hydroxylation sites is 1. The molecule has 0 spiro atoms. The van der Waals surface area contributed by atoms with Gasteiger partial charge in [0.25, 0.3) is 5.56 Å². The SMILES string of the molecule is COc1cccc2c(=O)[nH]c(CCC(=O)N3CCc4cc(C#N)ccc4C3)nc12. The fourth-order valence-electron chi connectivity index (χ4n) is 3.68. The fraction of sp³-hybridized carbons (Fsp3) is 0.273. The molecule has 29 heavy (non-hydrogen) atoms. The van der Waals surface area contributed by atoms with Crippen molar-refractivity contribution >= 4 is 16.8 Å². The number of amides is 1. The van der Waals surface area contributed by atoms with Gasteiger partial charge in [-0.05, 0) is 41.8 Å². The number of nitrogens with zero attached hydrogens (tertiary/aromatic N) is 3. The Labute approximate surface area is 167 Å². The van der Waals surface area contributed by atoms with Crippen LogP contribution >= 0.6 is 0 Å². The zero-order valence-corrected chi connectivity index (χ0v) is 16.1. The maximum atomic E-state index is 12.7. The molecule has 1 aliphatic heterocycles. The maximum absolute atomic E-state index is 12.7. The summed E-state index contributed by atoms with van der Waals surface area (Å²) in [7, 11) is 1.54. The first kappa shape index (κ1) is 18.7. The van der Waals surface area contributed by atoms with Gasteiger partial charge in [0.2, 0.25) is 5.91 Å². The molecule has 2 aromatic carbocycles. The molecule has 146 valence electrons. The summed E-state index contributed by atoms with van der Waals surface area (Å²) in [6.07, 6.45) is 1.34. The smallest absolute Gasteiger partial charge is 0.258 e. The largest absolute Gasteiger partial charge is 0.494 e. The number of nitriles is 1. The first-order valence-corrected chi connectivity index (χ1v) is 9.44. The minimum Gasteiger partial charge on any atom is -0.494 e. The van der Waals surface area contributed by atoms with E-state index in [4.69, 9.17) is 10.00 Å². The number of fused-ring (bicyclic) bond motifs is 2. The molecule has 0 unspecified atom stereocenters. The summed E-state index contributed by atoms with van der Waals surface area (Å²) in [5.41, 5.74) is 3.11. The maximum Gasteiger partial charge on any atom is 0.258 e. The Morgan fingerprint density at radius 3 is 2.97 bits per heavy atom. The third kappa shape index (κ3) is 3.69. The lowest BCUT2D eigenvalue weighted by atomic mass is 9.97. The summed E-state index contributed by atoms with van der Waals surface area (Å²) in [5, 5.41) is 9.48. The molecule has 0 saturated heterocycles. The van der Waals surface area contributed by atoms with Crippen LogP contribution in [0.4, 0.5) is 0 Å². The van der Waals surface area contributed by atoms with Crippen LogP contribution in [0.3, 0.4) is 0 Å². The zero-order chi connectivity index (χ0) is 20.4. The van der Waals surface area contributed by atoms with Crippen LogP contribution in [-0.4, -0.2) is 34.4 Å². The van der Waals surface area contributed by atoms with Gasteiger partial charge in [0.05, 0.1) is 24.1 Å². The number of hydrogen-bond donors (Lipinski definition) is 1. The second-order valence-electron chi connectivity index (χ2n) is 7.03. The number of carbonyl (C=O) groups is 1. The van der Waals surface area contributed by atoms with Crippen LogP contribution in [0.15, 0.2) is 41.2 Å². The van der Waals surface area contributed by atoms with E-state index in [1.807, 2.05) is 17.0 Å². The number of aromatic nitrogens is 2. The molecule has 7 nitrogen and oxygen atoms in total. The Kier molecular flexibility index (Phi) is 5.00. The number of aromatic amines is 1. The zero-order valence-electron chi connectivity index (χ0n) is 16.1. The lowest BCUT2D eigenvalue weighted by Crippen LogP contribution is -2.36. The Hall–Kier alpha value is -3.66. The van der Waals surface area contributed by atoms with Crippen LogP contribution in [0.2, 0.25) is 0 Å². The molecular weight excluding hydrogens is 368 g/mol. The van der Waals surface area contributed by atoms with Gasteiger partial charge in [-0.2, -0.15) is 5.26 Å². The predicted molar refractivity (Wildman–Crippen MR) is 108 cm³/mol. The van der Waals surface area contributed by atoms with E-state index in [1.165, 1.54) is 7.11 Å². The molecule has 0 fully saturated rings. The summed E-state index contributed by atoms with van der Waals surface area (Å²) in [6.45, 7) is 1.16. The van der Waals surface area contributed by atoms with Gasteiger partial charge < -0.3 is 14.6 Å². The van der Waals surface area contributed by atoms with Gasteiger partial charge in [-0.3, -0.25) is 9.59 Å². The van der Waals surface area contributed by atoms with Crippen molar-refractivity contribution < 1.29 is 9.53 Å². The molecular formula is C22H20N4O3. The van der Waals surface area contributed by atoms with Gasteiger partial charge in [-0.1, -0.05) is 12.1 Å². The number of rotatable bonds is 4. The van der Waals surface area contributed by atoms with E-state index < -0.39 is 0 Å². The third-order valence-electron chi connectivity index (χ3n) is 5.24. The van der Waals surface area contributed by atoms with E-state index in [-0.39, 0.29) is 17.9 Å². The first-order valence-electron chi connectivity index (χ1n) is 9.44. The Bertz CT molecular complexity index is 1190. The highest BCUT2D eigenvalue weighted by Gasteiger charge is 2.21. The second-order valence-corrected chi connectivity index (χ2v) is 7.03. The minimum atomic E-state index is -0.239. The monoisotopic (exact) mass is 388 g/mol. The Morgan fingerprint density at radius 1 is 1.31 bits per heavy atom. The van der Waals surface area contributed by atoms with Crippen LogP contribution in [-0.2, 0) is 24.2 Å². The number of aryl methyl sites for hydroxylation is 1. The summed E-state index contributed by atoms with van der Waals surface area (Å²) >= 11 is 0. The quantitative estimate of drug-likeness (QED) is 0.739. The van der Waals surface area contributed by atoms with Crippen molar-refractivity contribution in [1.82, 2.24) is 14.9 Å². The minimum absolute atomic E-state index is 0.0165. The van der Waals surface area contributed by atoms with Crippen LogP contribution in [0.1, 0.15) is 28.9 Å². The van der Waals surface area contributed by atoms with Gasteiger partial charge in [0.15, 0.2) is 0 Å². The molecule has 0 radical (unpaired) electrons. The topological polar surface area (TPSA) is 99.1 Å². The van der Waals surface area contributed by atoms with Crippen LogP contribution in [0.5, 0.6) is 5.75 Å². The van der Waals surface area contributed by atoms with Gasteiger partial charge in [-0.25, -0.2) is 4.98 Å². The number of benzene rings is 2. The summed E-state index contributed by atoms with van der Waals surface area (Å²) in [6, 6.07) is 12.9. The lowest BCUT2D eigenvalue weighted by molar-refractivity contribution is -0.132. The number of hydrogen-bond acceptors (Lipinski definition) is 5. The Balaban J connectivity index is 1.47. The molecule has 1 amide bonds. The van der Waals surface area contributed by atoms with Crippen molar-refractivity contribution in [2.75, 3.05) is 13.7 Å². The van der Waals surface area contributed by atoms with Crippen molar-refractivity contribution in [1.29, 1.82) is 5.26 Å². The molecule has 1 N–H and O–H groups in total. The lowest BCUT2D eigenvalue weighted by Gasteiger charge is -2.29. The second kappa shape index (κ2) is 7.76. The fourth-order valence-corrected chi connectivity index (χ4v) is 3.68. The van der Waals surface area contributed by atoms with Crippen molar-refractivity contribution in [3.63, 3.8) is 0 Å². The first-order chi connectivity index (χ1) is 14.1. The van der Waals surface area contributed by atoms with Crippen molar-refractivity contribution in [2.24, 2.45) is 0 Å². The number of ether oxygens (including phenoxy) is 1. The van der Waals surface area contributed by atoms with Crippen LogP contribution in [0, 0.1) is 11.3 Å². The molecule has 0 aliphatic carbocycles. The highest BCUT2D eigenvalue weighted by Crippen LogP contribution is 2.22. The summed E-state index contributed by atoms with van der Waals surface area (Å²) < 4.78 is 5.30. The molecule has 3 aromatic rings. The molecule has 0 saturated carbocycles. The van der Waals surface area contributed by atoms with Crippen molar-refractivity contribution in [3.05, 3.63) is 69.3 Å². The predicted octanol–water partition coefficient (Wildman–Crippen LogP) is 2.32. The van der Waals surface area contributed by atoms with E-state index in [1.54, 1.807) is 24.3 Å². The van der Waals surface area contributed by atoms with Gasteiger partial charge in [0, 0.05) is 25.9 Å². The molecule has 0 atom stereocenters. The average Bonchev–Trinajstić information content (AvgIpc) is 2.76. The van der Waals surface area contributed by atoms with E-state index in [0.29, 0.717) is 47.6 Å². The standard InChI is InChI=1S/C22H20N4O3/c1-29-18-4-2-3-17-21(18)24-19(25-22(17)28)7-8-20(27)26-10-9-15-11-14(12-23)5-6-16(15)13-26/h2-6,11H,7-10,13H2,1H3,(H,24,25,28). The Morgan fingerprint density at radius 2 is 2.17 bits per heavy atom. The van der Waals surface area contributed by atoms with Crippen molar-refractivity contribution in [2.45, 2.75) is 25.8 Å². The van der Waals surface area contributed by atoms with Gasteiger partial charge >= 0.3 is 0 Å². The highest BCUT2D eigenvalue weighted by atomic mass is 16.5. The summed E-state index contributed by atoms with van der Waals surface area (Å²) in [4.78, 5) is 34.1. The van der Waals surface area contributed by atoms with E-state index in [9.17, 15) is 9.59 Å². The number of methoxy groups -OCH3 is 1. The van der Waals surface area contributed by atoms with E-state index in [0.717, 1.165) is 17.5 Å². The molecule has 4 rings (SSSR count). The summed E-state index contributed by atoms with van der Waals surface area (Å²) in [5.74, 6) is 1.02. The molecule has 1 aliphatic rings. The third-order valence-corrected chi connectivity index (χ3v) is 5.24. The molecule has 7 heteroatoms. The van der Waals surface area contributed by atoms with Crippen LogP contribution < -0.4 is 10.3 Å². The molecule has 2 heterocycles. The number of nitrogens with one attached hydrogen (secondary N) is 1. The van der Waals surface area contributed by atoms with Crippen molar-refractivity contribution in [3.8, 4) is 11.8 Å². The average molecular weight is 388 g/mol. The van der Waals surface area contributed by atoms with Crippen LogP contribution in [0.25, 0.3) is 10.9 Å². The van der Waals surface area contributed by atoms with E-state index >= 15 is 0 Å². The number of H-pyrrole nitrogens is 1. The molecule has 1 aromatic heterocycles. The number of carbonyl (C=O) groups excluding carboxylic acids is 1. The van der Waals surface area contributed by atoms with Gasteiger partial charge in [-0.15, -0.1) is 0 Å².